The smallest absolute Gasteiger partial charge is 0.374 e. The van der Waals surface area contributed by atoms with E-state index in [1.54, 1.807) is 0 Å². The van der Waals surface area contributed by atoms with E-state index in [0.29, 0.717) is 18.4 Å². The van der Waals surface area contributed by atoms with Gasteiger partial charge in [0.2, 0.25) is 0 Å². The van der Waals surface area contributed by atoms with Crippen molar-refractivity contribution < 1.29 is 14.3 Å². The molecule has 124 valence electrons. The molecule has 0 bridgehead atoms. The summed E-state index contributed by atoms with van der Waals surface area (Å²) in [6.07, 6.45) is 5.93. The minimum Gasteiger partial charge on any atom is -0.374 e. The van der Waals surface area contributed by atoms with Gasteiger partial charge in [0.25, 0.3) is 0 Å². The Morgan fingerprint density at radius 2 is 2.09 bits per heavy atom. The second-order valence-electron chi connectivity index (χ2n) is 7.09. The van der Waals surface area contributed by atoms with E-state index in [1.165, 1.54) is 5.70 Å². The van der Waals surface area contributed by atoms with Crippen molar-refractivity contribution >= 4 is 12.3 Å². The summed E-state index contributed by atoms with van der Waals surface area (Å²) in [5.74, 6) is 1.05. The SMILES string of the molecule is CC1CN=CC=C1N1CCC(CNC(=O)O[N+](C)(C)C)CC1. The maximum Gasteiger partial charge on any atom is 0.461 e. The fourth-order valence-corrected chi connectivity index (χ4v) is 2.93. The molecule has 1 N–H and O–H groups in total. The first-order valence-electron chi connectivity index (χ1n) is 8.09. The zero-order chi connectivity index (χ0) is 16.2. The summed E-state index contributed by atoms with van der Waals surface area (Å²) >= 11 is 0. The average Bonchev–Trinajstić information content (AvgIpc) is 2.45. The van der Waals surface area contributed by atoms with Gasteiger partial charge in [-0.3, -0.25) is 9.83 Å². The van der Waals surface area contributed by atoms with Crippen LogP contribution in [0.3, 0.4) is 0 Å². The van der Waals surface area contributed by atoms with E-state index < -0.39 is 0 Å². The number of carbonyl (C=O) groups is 1. The minimum absolute atomic E-state index is 0.178. The number of quaternary nitrogens is 1. The van der Waals surface area contributed by atoms with Gasteiger partial charge in [-0.25, -0.2) is 4.79 Å². The Kier molecular flexibility index (Phi) is 5.45. The van der Waals surface area contributed by atoms with Gasteiger partial charge in [0.05, 0.1) is 0 Å². The molecule has 2 aliphatic heterocycles. The molecule has 22 heavy (non-hydrogen) atoms. The van der Waals surface area contributed by atoms with Gasteiger partial charge in [0.1, 0.15) is 21.1 Å². The molecule has 0 aromatic carbocycles. The lowest BCUT2D eigenvalue weighted by Gasteiger charge is -2.37. The molecule has 2 aliphatic rings. The molecule has 2 heterocycles. The molecule has 1 amide bonds. The van der Waals surface area contributed by atoms with Crippen molar-refractivity contribution in [3.63, 3.8) is 0 Å². The Morgan fingerprint density at radius 3 is 2.68 bits per heavy atom. The molecular weight excluding hydrogens is 280 g/mol. The maximum atomic E-state index is 11.7. The van der Waals surface area contributed by atoms with Crippen LogP contribution in [0.25, 0.3) is 0 Å². The summed E-state index contributed by atoms with van der Waals surface area (Å²) in [6.45, 7) is 5.94. The lowest BCUT2D eigenvalue weighted by molar-refractivity contribution is -1.04. The lowest BCUT2D eigenvalue weighted by Crippen LogP contribution is -2.44. The van der Waals surface area contributed by atoms with Crippen LogP contribution in [0.2, 0.25) is 0 Å². The van der Waals surface area contributed by atoms with Crippen LogP contribution < -0.4 is 5.32 Å². The van der Waals surface area contributed by atoms with Crippen LogP contribution in [0.4, 0.5) is 4.79 Å². The topological polar surface area (TPSA) is 53.9 Å². The van der Waals surface area contributed by atoms with Crippen molar-refractivity contribution in [3.8, 4) is 0 Å². The van der Waals surface area contributed by atoms with Gasteiger partial charge in [-0.15, -0.1) is 4.65 Å². The summed E-state index contributed by atoms with van der Waals surface area (Å²) in [4.78, 5) is 23.7. The Bertz CT molecular complexity index is 446. The predicted molar refractivity (Wildman–Crippen MR) is 87.4 cm³/mol. The minimum atomic E-state index is -0.338. The summed E-state index contributed by atoms with van der Waals surface area (Å²) in [5, 5.41) is 2.88. The molecule has 0 saturated carbocycles. The molecular formula is C16H29N4O2+. The molecule has 1 saturated heterocycles. The Morgan fingerprint density at radius 1 is 1.41 bits per heavy atom. The van der Waals surface area contributed by atoms with Crippen LogP contribution in [-0.4, -0.2) is 69.2 Å². The molecule has 2 rings (SSSR count). The fourth-order valence-electron chi connectivity index (χ4n) is 2.93. The third-order valence-electron chi connectivity index (χ3n) is 4.11. The van der Waals surface area contributed by atoms with Crippen LogP contribution in [0.5, 0.6) is 0 Å². The van der Waals surface area contributed by atoms with Crippen molar-refractivity contribution in [1.29, 1.82) is 0 Å². The first-order valence-corrected chi connectivity index (χ1v) is 8.09. The molecule has 0 aliphatic carbocycles. The largest absolute Gasteiger partial charge is 0.461 e. The highest BCUT2D eigenvalue weighted by Gasteiger charge is 2.25. The van der Waals surface area contributed by atoms with E-state index >= 15 is 0 Å². The molecule has 1 atom stereocenters. The highest BCUT2D eigenvalue weighted by molar-refractivity contribution is 5.73. The Hall–Kier alpha value is -1.56. The number of dihydropyridines is 1. The van der Waals surface area contributed by atoms with Crippen molar-refractivity contribution in [2.24, 2.45) is 16.8 Å². The zero-order valence-electron chi connectivity index (χ0n) is 14.2. The first kappa shape index (κ1) is 16.8. The van der Waals surface area contributed by atoms with E-state index in [0.717, 1.165) is 32.5 Å². The van der Waals surface area contributed by atoms with Crippen LogP contribution in [0, 0.1) is 11.8 Å². The average molecular weight is 309 g/mol. The van der Waals surface area contributed by atoms with Crippen molar-refractivity contribution in [1.82, 2.24) is 10.2 Å². The second-order valence-corrected chi connectivity index (χ2v) is 7.09. The van der Waals surface area contributed by atoms with Crippen LogP contribution in [0.15, 0.2) is 16.8 Å². The molecule has 0 aromatic rings. The summed E-state index contributed by atoms with van der Waals surface area (Å²) < 4.78 is 0.178. The van der Waals surface area contributed by atoms with E-state index in [1.807, 2.05) is 27.4 Å². The number of hydrogen-bond donors (Lipinski definition) is 1. The van der Waals surface area contributed by atoms with Crippen LogP contribution in [0.1, 0.15) is 19.8 Å². The molecule has 0 spiro atoms. The Balaban J connectivity index is 1.72. The number of piperidine rings is 1. The van der Waals surface area contributed by atoms with Crippen molar-refractivity contribution in [3.05, 3.63) is 11.8 Å². The third kappa shape index (κ3) is 5.02. The van der Waals surface area contributed by atoms with E-state index in [4.69, 9.17) is 4.84 Å². The number of amides is 1. The third-order valence-corrected chi connectivity index (χ3v) is 4.11. The number of allylic oxidation sites excluding steroid dienone is 1. The number of aliphatic imine (C=N–C) groups is 1. The van der Waals surface area contributed by atoms with Crippen LogP contribution >= 0.6 is 0 Å². The first-order chi connectivity index (χ1) is 10.3. The number of hydrogen-bond acceptors (Lipinski definition) is 4. The van der Waals surface area contributed by atoms with Gasteiger partial charge in [-0.05, 0) is 24.8 Å². The highest BCUT2D eigenvalue weighted by Crippen LogP contribution is 2.25. The lowest BCUT2D eigenvalue weighted by atomic mass is 9.94. The van der Waals surface area contributed by atoms with Gasteiger partial charge in [0.15, 0.2) is 0 Å². The number of rotatable bonds is 4. The van der Waals surface area contributed by atoms with Crippen LogP contribution in [-0.2, 0) is 4.84 Å². The van der Waals surface area contributed by atoms with Crippen molar-refractivity contribution in [2.75, 3.05) is 47.3 Å². The number of nitrogens with one attached hydrogen (secondary N) is 1. The normalized spacial score (nSPS) is 23.2. The van der Waals surface area contributed by atoms with Gasteiger partial charge in [-0.1, -0.05) is 6.92 Å². The standard InChI is InChI=1S/C16H28N4O2/c1-13-11-17-8-5-15(13)19-9-6-14(7-10-19)12-18-16(21)22-20(2,3)4/h5,8,13-14H,6-7,9-12H2,1-4H3/p+1. The summed E-state index contributed by atoms with van der Waals surface area (Å²) in [6, 6.07) is 0. The number of likely N-dealkylation sites (tertiary alicyclic amines) is 1. The predicted octanol–water partition coefficient (Wildman–Crippen LogP) is 1.65. The molecule has 1 fully saturated rings. The van der Waals surface area contributed by atoms with Gasteiger partial charge in [0, 0.05) is 44.0 Å². The van der Waals surface area contributed by atoms with Gasteiger partial charge in [-0.2, -0.15) is 0 Å². The number of nitrogens with zero attached hydrogens (tertiary/aromatic N) is 3. The molecule has 0 aromatic heterocycles. The number of hydroxylamine groups is 3. The van der Waals surface area contributed by atoms with Gasteiger partial charge < -0.3 is 10.2 Å². The number of carbonyl (C=O) groups excluding carboxylic acids is 1. The summed E-state index contributed by atoms with van der Waals surface area (Å²) in [7, 11) is 5.46. The molecule has 6 nitrogen and oxygen atoms in total. The summed E-state index contributed by atoms with van der Waals surface area (Å²) in [5.41, 5.74) is 1.41. The van der Waals surface area contributed by atoms with E-state index in [2.05, 4.69) is 28.2 Å². The van der Waals surface area contributed by atoms with Gasteiger partial charge >= 0.3 is 6.09 Å². The second kappa shape index (κ2) is 7.13. The zero-order valence-corrected chi connectivity index (χ0v) is 14.2. The van der Waals surface area contributed by atoms with E-state index in [9.17, 15) is 4.79 Å². The molecule has 6 heteroatoms. The molecule has 1 unspecified atom stereocenters. The van der Waals surface area contributed by atoms with Crippen molar-refractivity contribution in [2.45, 2.75) is 19.8 Å². The fraction of sp³-hybridized carbons (Fsp3) is 0.750. The van der Waals surface area contributed by atoms with E-state index in [-0.39, 0.29) is 10.7 Å². The highest BCUT2D eigenvalue weighted by atomic mass is 16.7. The monoisotopic (exact) mass is 309 g/mol. The molecule has 0 radical (unpaired) electrons. The Labute approximate surface area is 133 Å². The maximum absolute atomic E-state index is 11.7. The quantitative estimate of drug-likeness (QED) is 0.634.